The highest BCUT2D eigenvalue weighted by Gasteiger charge is 2.26. The van der Waals surface area contributed by atoms with Crippen molar-refractivity contribution in [1.82, 2.24) is 24.6 Å². The maximum absolute atomic E-state index is 12.4. The number of nitrogens with zero attached hydrogens (tertiary/aromatic N) is 5. The van der Waals surface area contributed by atoms with Crippen LogP contribution in [0.1, 0.15) is 18.4 Å². The molecule has 0 saturated carbocycles. The molecule has 8 nitrogen and oxygen atoms in total. The van der Waals surface area contributed by atoms with Gasteiger partial charge in [0.05, 0.1) is 12.2 Å². The minimum Gasteiger partial charge on any atom is -0.320 e. The molecule has 0 saturated heterocycles. The van der Waals surface area contributed by atoms with Crippen molar-refractivity contribution < 1.29 is 4.79 Å². The van der Waals surface area contributed by atoms with E-state index in [1.807, 2.05) is 6.08 Å². The Morgan fingerprint density at radius 3 is 2.96 bits per heavy atom. The molecule has 128 valence electrons. The summed E-state index contributed by atoms with van der Waals surface area (Å²) in [6, 6.07) is -0.200. The molecule has 0 radical (unpaired) electrons. The zero-order chi connectivity index (χ0) is 17.4. The van der Waals surface area contributed by atoms with Crippen LogP contribution in [0, 0.1) is 0 Å². The minimum atomic E-state index is -0.200. The van der Waals surface area contributed by atoms with Gasteiger partial charge in [0.25, 0.3) is 0 Å². The van der Waals surface area contributed by atoms with Crippen molar-refractivity contribution in [3.8, 4) is 0 Å². The highest BCUT2D eigenvalue weighted by molar-refractivity contribution is 6.32. The summed E-state index contributed by atoms with van der Waals surface area (Å²) in [6.07, 6.45) is 11.5. The molecule has 0 bridgehead atoms. The second-order valence-corrected chi connectivity index (χ2v) is 6.18. The Labute approximate surface area is 149 Å². The van der Waals surface area contributed by atoms with Gasteiger partial charge in [0.1, 0.15) is 5.82 Å². The van der Waals surface area contributed by atoms with Gasteiger partial charge in [-0.1, -0.05) is 23.8 Å². The highest BCUT2D eigenvalue weighted by Crippen LogP contribution is 2.28. The number of aromatic nitrogens is 4. The zero-order valence-corrected chi connectivity index (χ0v) is 14.3. The Balaban J connectivity index is 1.57. The van der Waals surface area contributed by atoms with Gasteiger partial charge in [0.15, 0.2) is 5.15 Å². The van der Waals surface area contributed by atoms with Crippen molar-refractivity contribution in [2.45, 2.75) is 19.4 Å². The first kappa shape index (κ1) is 15.6. The lowest BCUT2D eigenvalue weighted by Gasteiger charge is -2.30. The number of fused-ring (bicyclic) bond motifs is 1. The van der Waals surface area contributed by atoms with E-state index in [9.17, 15) is 4.79 Å². The highest BCUT2D eigenvalue weighted by atomic mass is 35.5. The number of rotatable bonds is 3. The fraction of sp³-hybridized carbons (Fsp3) is 0.250. The first-order valence-corrected chi connectivity index (χ1v) is 8.25. The molecule has 9 heteroatoms. The average Bonchev–Trinajstić information content (AvgIpc) is 2.92. The molecule has 1 aliphatic heterocycles. The summed E-state index contributed by atoms with van der Waals surface area (Å²) in [5.74, 6) is 0.846. The molecular weight excluding hydrogens is 342 g/mol. The van der Waals surface area contributed by atoms with Crippen molar-refractivity contribution in [3.05, 3.63) is 47.0 Å². The van der Waals surface area contributed by atoms with Crippen LogP contribution in [0.25, 0.3) is 0 Å². The van der Waals surface area contributed by atoms with Gasteiger partial charge in [-0.15, -0.1) is 0 Å². The first-order chi connectivity index (χ1) is 12.1. The van der Waals surface area contributed by atoms with Gasteiger partial charge in [0.2, 0.25) is 5.95 Å². The van der Waals surface area contributed by atoms with Crippen LogP contribution in [0.2, 0.25) is 5.15 Å². The van der Waals surface area contributed by atoms with Gasteiger partial charge in [-0.2, -0.15) is 10.1 Å². The number of anilines is 3. The Morgan fingerprint density at radius 1 is 1.36 bits per heavy atom. The van der Waals surface area contributed by atoms with Crippen LogP contribution >= 0.6 is 11.6 Å². The number of urea groups is 1. The van der Waals surface area contributed by atoms with E-state index in [-0.39, 0.29) is 6.03 Å². The van der Waals surface area contributed by atoms with E-state index in [1.54, 1.807) is 29.0 Å². The van der Waals surface area contributed by atoms with Gasteiger partial charge in [-0.05, 0) is 18.9 Å². The largest absolute Gasteiger partial charge is 0.327 e. The lowest BCUT2D eigenvalue weighted by Crippen LogP contribution is -2.38. The van der Waals surface area contributed by atoms with Gasteiger partial charge < -0.3 is 5.32 Å². The van der Waals surface area contributed by atoms with Gasteiger partial charge in [0, 0.05) is 30.7 Å². The monoisotopic (exact) mass is 357 g/mol. The summed E-state index contributed by atoms with van der Waals surface area (Å²) in [4.78, 5) is 22.8. The molecule has 0 unspecified atom stereocenters. The second kappa shape index (κ2) is 6.21. The van der Waals surface area contributed by atoms with E-state index in [2.05, 4.69) is 37.9 Å². The molecule has 2 aliphatic rings. The molecule has 2 aromatic heterocycles. The second-order valence-electron chi connectivity index (χ2n) is 5.82. The number of halogens is 1. The molecule has 3 heterocycles. The molecule has 0 spiro atoms. The number of hydrogen-bond acceptors (Lipinski definition) is 5. The predicted octanol–water partition coefficient (Wildman–Crippen LogP) is 3.19. The molecule has 0 fully saturated rings. The van der Waals surface area contributed by atoms with Crippen LogP contribution in [-0.2, 0) is 13.6 Å². The van der Waals surface area contributed by atoms with E-state index < -0.39 is 0 Å². The molecule has 4 rings (SSSR count). The number of nitrogens with one attached hydrogen (secondary N) is 2. The summed E-state index contributed by atoms with van der Waals surface area (Å²) in [6.45, 7) is 0.436. The Kier molecular flexibility index (Phi) is 3.89. The number of aryl methyl sites for hydroxylation is 1. The summed E-state index contributed by atoms with van der Waals surface area (Å²) < 4.78 is 1.59. The van der Waals surface area contributed by atoms with Crippen molar-refractivity contribution in [2.75, 3.05) is 10.6 Å². The summed E-state index contributed by atoms with van der Waals surface area (Å²) in [7, 11) is 1.77. The fourth-order valence-corrected chi connectivity index (χ4v) is 2.99. The molecule has 0 atom stereocenters. The summed E-state index contributed by atoms with van der Waals surface area (Å²) >= 11 is 6.03. The van der Waals surface area contributed by atoms with E-state index in [4.69, 9.17) is 11.6 Å². The standard InChI is InChI=1S/C16H16ClN7O/c1-23-9-12(13(17)22-23)19-15-18-7-10-8-24(11-5-3-2-4-6-11)16(25)21-14(10)20-15/h3,5-7,9H,2,4,8H2,1H3,(H2,18,19,20,21,25). The lowest BCUT2D eigenvalue weighted by molar-refractivity contribution is 0.221. The first-order valence-electron chi connectivity index (χ1n) is 7.87. The number of carbonyl (C=O) groups excluding carboxylic acids is 1. The molecule has 0 aromatic carbocycles. The minimum absolute atomic E-state index is 0.200. The van der Waals surface area contributed by atoms with Gasteiger partial charge in [-0.3, -0.25) is 14.9 Å². The Morgan fingerprint density at radius 2 is 2.24 bits per heavy atom. The number of hydrogen-bond donors (Lipinski definition) is 2. The molecule has 25 heavy (non-hydrogen) atoms. The third-order valence-corrected chi connectivity index (χ3v) is 4.26. The number of amides is 2. The SMILES string of the molecule is Cn1cc(Nc2ncc3c(n2)NC(=O)N(C2=CCCC=C2)C3)c(Cl)n1. The van der Waals surface area contributed by atoms with Crippen LogP contribution in [0.15, 0.2) is 36.3 Å². The van der Waals surface area contributed by atoms with Crippen LogP contribution in [0.5, 0.6) is 0 Å². The molecule has 2 N–H and O–H groups in total. The van der Waals surface area contributed by atoms with E-state index >= 15 is 0 Å². The van der Waals surface area contributed by atoms with Crippen LogP contribution in [0.3, 0.4) is 0 Å². The average molecular weight is 358 g/mol. The maximum Gasteiger partial charge on any atom is 0.327 e. The predicted molar refractivity (Wildman–Crippen MR) is 94.6 cm³/mol. The zero-order valence-electron chi connectivity index (χ0n) is 13.5. The maximum atomic E-state index is 12.4. The molecular formula is C16H16ClN7O. The van der Waals surface area contributed by atoms with Crippen LogP contribution < -0.4 is 10.6 Å². The van der Waals surface area contributed by atoms with Crippen molar-refractivity contribution in [1.29, 1.82) is 0 Å². The Hall–Kier alpha value is -2.87. The smallest absolute Gasteiger partial charge is 0.320 e. The van der Waals surface area contributed by atoms with E-state index in [0.717, 1.165) is 24.1 Å². The fourth-order valence-electron chi connectivity index (χ4n) is 2.78. The lowest BCUT2D eigenvalue weighted by atomic mass is 10.1. The van der Waals surface area contributed by atoms with Gasteiger partial charge in [-0.25, -0.2) is 9.78 Å². The van der Waals surface area contributed by atoms with E-state index in [1.165, 1.54) is 0 Å². The number of allylic oxidation sites excluding steroid dienone is 3. The van der Waals surface area contributed by atoms with Crippen molar-refractivity contribution in [2.24, 2.45) is 7.05 Å². The van der Waals surface area contributed by atoms with Gasteiger partial charge >= 0.3 is 6.03 Å². The third kappa shape index (κ3) is 3.08. The molecule has 2 amide bonds. The van der Waals surface area contributed by atoms with E-state index in [0.29, 0.717) is 29.2 Å². The normalized spacial score (nSPS) is 16.3. The van der Waals surface area contributed by atoms with Crippen LogP contribution in [0.4, 0.5) is 22.2 Å². The molecule has 1 aliphatic carbocycles. The van der Waals surface area contributed by atoms with Crippen molar-refractivity contribution in [3.63, 3.8) is 0 Å². The van der Waals surface area contributed by atoms with Crippen LogP contribution in [-0.4, -0.2) is 30.7 Å². The topological polar surface area (TPSA) is 88.0 Å². The Bertz CT molecular complexity index is 902. The van der Waals surface area contributed by atoms with Crippen molar-refractivity contribution >= 4 is 35.1 Å². The quantitative estimate of drug-likeness (QED) is 0.880. The summed E-state index contributed by atoms with van der Waals surface area (Å²) in [5, 5.41) is 10.2. The number of carbonyl (C=O) groups is 1. The third-order valence-electron chi connectivity index (χ3n) is 3.98. The summed E-state index contributed by atoms with van der Waals surface area (Å²) in [5.41, 5.74) is 2.35. The molecule has 2 aromatic rings.